The van der Waals surface area contributed by atoms with E-state index in [9.17, 15) is 4.79 Å². The molecule has 1 saturated heterocycles. The lowest BCUT2D eigenvalue weighted by Crippen LogP contribution is -2.22. The lowest BCUT2D eigenvalue weighted by atomic mass is 10.2. The summed E-state index contributed by atoms with van der Waals surface area (Å²) in [5, 5.41) is 0. The second-order valence-corrected chi connectivity index (χ2v) is 4.56. The predicted molar refractivity (Wildman–Crippen MR) is 76.3 cm³/mol. The summed E-state index contributed by atoms with van der Waals surface area (Å²) in [7, 11) is 0. The van der Waals surface area contributed by atoms with Crippen molar-refractivity contribution in [3.8, 4) is 0 Å². The van der Waals surface area contributed by atoms with Gasteiger partial charge in [-0.25, -0.2) is 4.79 Å². The molecule has 19 heavy (non-hydrogen) atoms. The van der Waals surface area contributed by atoms with E-state index in [2.05, 4.69) is 9.88 Å². The molecule has 0 aromatic carbocycles. The Labute approximate surface area is 115 Å². The third kappa shape index (κ3) is 4.63. The van der Waals surface area contributed by atoms with Gasteiger partial charge in [0.15, 0.2) is 0 Å². The summed E-state index contributed by atoms with van der Waals surface area (Å²) in [6.07, 6.45) is 5.19. The van der Waals surface area contributed by atoms with Crippen molar-refractivity contribution in [2.75, 3.05) is 26.2 Å². The number of hydrogen-bond acceptors (Lipinski definition) is 4. The van der Waals surface area contributed by atoms with Crippen LogP contribution >= 0.6 is 0 Å². The number of esters is 1. The molecular formula is C15H24N2O2. The SMILES string of the molecule is C.CCOC(=O)c1ccc(CCN2CCCC2)nc1. The van der Waals surface area contributed by atoms with Crippen molar-refractivity contribution >= 4 is 5.97 Å². The van der Waals surface area contributed by atoms with Crippen molar-refractivity contribution in [1.82, 2.24) is 9.88 Å². The molecular weight excluding hydrogens is 240 g/mol. The molecule has 0 bridgehead atoms. The van der Waals surface area contributed by atoms with Gasteiger partial charge in [0.2, 0.25) is 0 Å². The number of ether oxygens (including phenoxy) is 1. The first-order valence-corrected chi connectivity index (χ1v) is 6.64. The van der Waals surface area contributed by atoms with E-state index < -0.39 is 0 Å². The number of likely N-dealkylation sites (tertiary alicyclic amines) is 1. The Bertz CT molecular complexity index is 384. The Kier molecular flexibility index (Phi) is 6.50. The summed E-state index contributed by atoms with van der Waals surface area (Å²) in [6, 6.07) is 3.71. The highest BCUT2D eigenvalue weighted by atomic mass is 16.5. The molecule has 0 unspecified atom stereocenters. The zero-order valence-corrected chi connectivity index (χ0v) is 10.9. The molecule has 2 rings (SSSR count). The van der Waals surface area contributed by atoms with Gasteiger partial charge in [-0.3, -0.25) is 4.98 Å². The molecule has 106 valence electrons. The first kappa shape index (κ1) is 15.6. The molecule has 0 amide bonds. The highest BCUT2D eigenvalue weighted by Gasteiger charge is 2.11. The van der Waals surface area contributed by atoms with Crippen LogP contribution in [0.15, 0.2) is 18.3 Å². The van der Waals surface area contributed by atoms with E-state index >= 15 is 0 Å². The number of carbonyl (C=O) groups is 1. The van der Waals surface area contributed by atoms with Crippen LogP contribution in [0.4, 0.5) is 0 Å². The van der Waals surface area contributed by atoms with Gasteiger partial charge in [-0.05, 0) is 45.0 Å². The maximum absolute atomic E-state index is 11.5. The van der Waals surface area contributed by atoms with Crippen molar-refractivity contribution in [3.63, 3.8) is 0 Å². The van der Waals surface area contributed by atoms with Gasteiger partial charge in [0.05, 0.1) is 12.2 Å². The number of aromatic nitrogens is 1. The molecule has 0 radical (unpaired) electrons. The Morgan fingerprint density at radius 3 is 2.68 bits per heavy atom. The van der Waals surface area contributed by atoms with E-state index in [1.165, 1.54) is 25.9 Å². The molecule has 0 atom stereocenters. The van der Waals surface area contributed by atoms with Crippen LogP contribution in [-0.2, 0) is 11.2 Å². The van der Waals surface area contributed by atoms with Gasteiger partial charge in [-0.15, -0.1) is 0 Å². The standard InChI is InChI=1S/C14H20N2O2.CH4/c1-2-18-14(17)12-5-6-13(15-11-12)7-10-16-8-3-4-9-16;/h5-6,11H,2-4,7-10H2,1H3;1H4. The van der Waals surface area contributed by atoms with Gasteiger partial charge in [0.25, 0.3) is 0 Å². The minimum atomic E-state index is -0.295. The van der Waals surface area contributed by atoms with Gasteiger partial charge in [-0.1, -0.05) is 7.43 Å². The minimum Gasteiger partial charge on any atom is -0.462 e. The number of hydrogen-bond donors (Lipinski definition) is 0. The van der Waals surface area contributed by atoms with Crippen LogP contribution in [0.5, 0.6) is 0 Å². The van der Waals surface area contributed by atoms with Gasteiger partial charge in [0, 0.05) is 24.9 Å². The summed E-state index contributed by atoms with van der Waals surface area (Å²) in [4.78, 5) is 18.2. The van der Waals surface area contributed by atoms with E-state index in [1.54, 1.807) is 19.2 Å². The molecule has 0 N–H and O–H groups in total. The molecule has 1 aliphatic rings. The average molecular weight is 264 g/mol. The Morgan fingerprint density at radius 1 is 1.37 bits per heavy atom. The topological polar surface area (TPSA) is 42.4 Å². The Hall–Kier alpha value is -1.42. The van der Waals surface area contributed by atoms with Crippen LogP contribution in [0.1, 0.15) is 43.2 Å². The molecule has 4 heteroatoms. The fourth-order valence-electron chi connectivity index (χ4n) is 2.19. The average Bonchev–Trinajstić information content (AvgIpc) is 2.90. The number of carbonyl (C=O) groups excluding carboxylic acids is 1. The van der Waals surface area contributed by atoms with Crippen LogP contribution in [0.25, 0.3) is 0 Å². The Balaban J connectivity index is 0.00000180. The maximum Gasteiger partial charge on any atom is 0.339 e. The smallest absolute Gasteiger partial charge is 0.339 e. The highest BCUT2D eigenvalue weighted by molar-refractivity contribution is 5.88. The normalized spacial score (nSPS) is 15.0. The lowest BCUT2D eigenvalue weighted by molar-refractivity contribution is 0.0526. The van der Waals surface area contributed by atoms with Crippen LogP contribution < -0.4 is 0 Å². The number of pyridine rings is 1. The quantitative estimate of drug-likeness (QED) is 0.766. The molecule has 2 heterocycles. The largest absolute Gasteiger partial charge is 0.462 e. The van der Waals surface area contributed by atoms with Crippen molar-refractivity contribution in [2.45, 2.75) is 33.6 Å². The molecule has 1 aromatic heterocycles. The minimum absolute atomic E-state index is 0. The second kappa shape index (κ2) is 7.89. The predicted octanol–water partition coefficient (Wildman–Crippen LogP) is 2.53. The zero-order valence-electron chi connectivity index (χ0n) is 10.9. The monoisotopic (exact) mass is 264 g/mol. The van der Waals surface area contributed by atoms with Gasteiger partial charge in [0.1, 0.15) is 0 Å². The first-order valence-electron chi connectivity index (χ1n) is 6.64. The molecule has 0 saturated carbocycles. The van der Waals surface area contributed by atoms with E-state index in [0.717, 1.165) is 18.7 Å². The second-order valence-electron chi connectivity index (χ2n) is 4.56. The molecule has 4 nitrogen and oxygen atoms in total. The van der Waals surface area contributed by atoms with Crippen LogP contribution in [0.2, 0.25) is 0 Å². The van der Waals surface area contributed by atoms with Crippen molar-refractivity contribution in [2.24, 2.45) is 0 Å². The van der Waals surface area contributed by atoms with E-state index in [0.29, 0.717) is 12.2 Å². The van der Waals surface area contributed by atoms with Crippen LogP contribution in [0.3, 0.4) is 0 Å². The van der Waals surface area contributed by atoms with Gasteiger partial charge >= 0.3 is 5.97 Å². The summed E-state index contributed by atoms with van der Waals surface area (Å²) >= 11 is 0. The van der Waals surface area contributed by atoms with Gasteiger partial charge in [-0.2, -0.15) is 0 Å². The van der Waals surface area contributed by atoms with Crippen molar-refractivity contribution in [3.05, 3.63) is 29.6 Å². The fourth-order valence-corrected chi connectivity index (χ4v) is 2.19. The van der Waals surface area contributed by atoms with Gasteiger partial charge < -0.3 is 9.64 Å². The third-order valence-corrected chi connectivity index (χ3v) is 3.22. The molecule has 0 spiro atoms. The highest BCUT2D eigenvalue weighted by Crippen LogP contribution is 2.09. The summed E-state index contributed by atoms with van der Waals surface area (Å²) in [6.45, 7) is 5.68. The first-order chi connectivity index (χ1) is 8.79. The molecule has 1 aliphatic heterocycles. The van der Waals surface area contributed by atoms with Crippen molar-refractivity contribution in [1.29, 1.82) is 0 Å². The van der Waals surface area contributed by atoms with E-state index in [-0.39, 0.29) is 13.4 Å². The third-order valence-electron chi connectivity index (χ3n) is 3.22. The summed E-state index contributed by atoms with van der Waals surface area (Å²) in [5.74, 6) is -0.295. The molecule has 1 fully saturated rings. The lowest BCUT2D eigenvalue weighted by Gasteiger charge is -2.13. The Morgan fingerprint density at radius 2 is 2.11 bits per heavy atom. The fraction of sp³-hybridized carbons (Fsp3) is 0.600. The molecule has 1 aromatic rings. The van der Waals surface area contributed by atoms with E-state index in [1.807, 2.05) is 6.07 Å². The molecule has 0 aliphatic carbocycles. The number of nitrogens with zero attached hydrogens (tertiary/aromatic N) is 2. The van der Waals surface area contributed by atoms with Crippen LogP contribution in [0, 0.1) is 0 Å². The summed E-state index contributed by atoms with van der Waals surface area (Å²) in [5.41, 5.74) is 1.57. The maximum atomic E-state index is 11.5. The van der Waals surface area contributed by atoms with E-state index in [4.69, 9.17) is 4.74 Å². The number of rotatable bonds is 5. The van der Waals surface area contributed by atoms with Crippen molar-refractivity contribution < 1.29 is 9.53 Å². The summed E-state index contributed by atoms with van der Waals surface area (Å²) < 4.78 is 4.92. The van der Waals surface area contributed by atoms with Crippen LogP contribution in [-0.4, -0.2) is 42.1 Å². The zero-order chi connectivity index (χ0) is 12.8.